The van der Waals surface area contributed by atoms with Gasteiger partial charge in [0.25, 0.3) is 0 Å². The van der Waals surface area contributed by atoms with Crippen molar-refractivity contribution in [2.75, 3.05) is 48.4 Å². The van der Waals surface area contributed by atoms with Crippen LogP contribution in [0.5, 0.6) is 0 Å². The molecule has 2 aromatic carbocycles. The van der Waals surface area contributed by atoms with Gasteiger partial charge in [-0.2, -0.15) is 10.2 Å². The highest BCUT2D eigenvalue weighted by Gasteiger charge is 2.36. The zero-order chi connectivity index (χ0) is 29.7. The lowest BCUT2D eigenvalue weighted by molar-refractivity contribution is -0.120. The first-order valence-corrected chi connectivity index (χ1v) is 13.9. The van der Waals surface area contributed by atoms with E-state index in [-0.39, 0.29) is 11.5 Å². The van der Waals surface area contributed by atoms with E-state index in [0.29, 0.717) is 42.4 Å². The number of anilines is 4. The Morgan fingerprint density at radius 1 is 1.07 bits per heavy atom. The Morgan fingerprint density at radius 3 is 2.55 bits per heavy atom. The first kappa shape index (κ1) is 28.8. The Labute approximate surface area is 244 Å². The third kappa shape index (κ3) is 6.92. The van der Waals surface area contributed by atoms with Crippen molar-refractivity contribution < 1.29 is 19.1 Å². The molecule has 2 aliphatic rings. The lowest BCUT2D eigenvalue weighted by Gasteiger charge is -2.28. The smallest absolute Gasteiger partial charge is 0.410 e. The van der Waals surface area contributed by atoms with Gasteiger partial charge in [0.2, 0.25) is 11.9 Å². The number of hydrogen-bond donors (Lipinski definition) is 2. The number of amides is 2. The molecule has 1 aromatic heterocycles. The van der Waals surface area contributed by atoms with Gasteiger partial charge in [0.1, 0.15) is 24.0 Å². The highest BCUT2D eigenvalue weighted by atomic mass is 16.6. The van der Waals surface area contributed by atoms with Crippen molar-refractivity contribution in [2.24, 2.45) is 0 Å². The number of nitrogens with one attached hydrogen (secondary N) is 2. The molecule has 1 atom stereocenters. The first-order chi connectivity index (χ1) is 20.2. The number of ether oxygens (including phenoxy) is 2. The number of carbonyl (C=O) groups is 2. The summed E-state index contributed by atoms with van der Waals surface area (Å²) in [6.45, 7) is 8.96. The van der Waals surface area contributed by atoms with E-state index in [1.807, 2.05) is 24.3 Å². The minimum atomic E-state index is -0.675. The average Bonchev–Trinajstić information content (AvgIpc) is 3.48. The molecule has 2 aliphatic heterocycles. The number of benzene rings is 2. The molecular formula is C30H34N8O4. The predicted octanol–water partition coefficient (Wildman–Crippen LogP) is 4.33. The molecular weight excluding hydrogens is 536 g/mol. The lowest BCUT2D eigenvalue weighted by atomic mass is 10.1. The molecule has 1 unspecified atom stereocenters. The standard InChI is InChI=1S/C30H34N8O4/c1-30(2,3)42-29(40)38-12-4-5-25(38)27(39)35-24-11-6-20(17-21(24)18-31)26-32-19-33-28(36-26)34-22-7-9-23(10-8-22)37-13-15-41-16-14-37/h6-11,17,19,25H,4-5,12-16H2,1-3H3,(H,35,39)(H,32,33,34,36). The molecule has 5 rings (SSSR count). The Balaban J connectivity index is 1.26. The van der Waals surface area contributed by atoms with Crippen LogP contribution in [0.15, 0.2) is 48.8 Å². The van der Waals surface area contributed by atoms with Crippen molar-refractivity contribution in [2.45, 2.75) is 45.3 Å². The van der Waals surface area contributed by atoms with E-state index >= 15 is 0 Å². The summed E-state index contributed by atoms with van der Waals surface area (Å²) < 4.78 is 10.9. The second-order valence-corrected chi connectivity index (χ2v) is 11.1. The summed E-state index contributed by atoms with van der Waals surface area (Å²) in [6, 6.07) is 14.5. The van der Waals surface area contributed by atoms with Crippen LogP contribution >= 0.6 is 0 Å². The molecule has 0 spiro atoms. The zero-order valence-electron chi connectivity index (χ0n) is 24.0. The fourth-order valence-electron chi connectivity index (χ4n) is 4.88. The fraction of sp³-hybridized carbons (Fsp3) is 0.400. The average molecular weight is 571 g/mol. The van der Waals surface area contributed by atoms with Gasteiger partial charge in [-0.05, 0) is 76.1 Å². The summed E-state index contributed by atoms with van der Waals surface area (Å²) >= 11 is 0. The fourth-order valence-corrected chi connectivity index (χ4v) is 4.88. The second kappa shape index (κ2) is 12.4. The van der Waals surface area contributed by atoms with E-state index in [9.17, 15) is 14.9 Å². The van der Waals surface area contributed by atoms with Gasteiger partial charge in [-0.25, -0.2) is 14.8 Å². The van der Waals surface area contributed by atoms with Gasteiger partial charge in [-0.1, -0.05) is 0 Å². The largest absolute Gasteiger partial charge is 0.444 e. The number of likely N-dealkylation sites (tertiary alicyclic amines) is 1. The Kier molecular flexibility index (Phi) is 8.49. The number of nitrogens with zero attached hydrogens (tertiary/aromatic N) is 6. The maximum Gasteiger partial charge on any atom is 0.410 e. The molecule has 42 heavy (non-hydrogen) atoms. The molecule has 2 fully saturated rings. The molecule has 2 amide bonds. The van der Waals surface area contributed by atoms with Crippen LogP contribution in [-0.4, -0.2) is 76.3 Å². The minimum Gasteiger partial charge on any atom is -0.444 e. The second-order valence-electron chi connectivity index (χ2n) is 11.1. The summed E-state index contributed by atoms with van der Waals surface area (Å²) in [5.74, 6) is 0.367. The van der Waals surface area contributed by atoms with Crippen LogP contribution < -0.4 is 15.5 Å². The van der Waals surface area contributed by atoms with E-state index < -0.39 is 17.7 Å². The summed E-state index contributed by atoms with van der Waals surface area (Å²) in [5.41, 5.74) is 2.47. The Morgan fingerprint density at radius 2 is 1.83 bits per heavy atom. The Bertz CT molecular complexity index is 1480. The molecule has 12 heteroatoms. The van der Waals surface area contributed by atoms with Gasteiger partial charge >= 0.3 is 6.09 Å². The van der Waals surface area contributed by atoms with E-state index in [1.165, 1.54) is 11.2 Å². The lowest BCUT2D eigenvalue weighted by Crippen LogP contribution is -2.45. The van der Waals surface area contributed by atoms with Crippen LogP contribution in [0.4, 0.5) is 27.8 Å². The number of carbonyl (C=O) groups excluding carboxylic acids is 2. The SMILES string of the molecule is CC(C)(C)OC(=O)N1CCCC1C(=O)Nc1ccc(-c2ncnc(Nc3ccc(N4CCOCC4)cc3)n2)cc1C#N. The van der Waals surface area contributed by atoms with Crippen molar-refractivity contribution in [3.63, 3.8) is 0 Å². The van der Waals surface area contributed by atoms with Crippen LogP contribution in [0.1, 0.15) is 39.2 Å². The highest BCUT2D eigenvalue weighted by molar-refractivity contribution is 5.98. The molecule has 0 aliphatic carbocycles. The maximum atomic E-state index is 13.1. The van der Waals surface area contributed by atoms with E-state index in [4.69, 9.17) is 9.47 Å². The molecule has 218 valence electrons. The molecule has 0 saturated carbocycles. The minimum absolute atomic E-state index is 0.247. The molecule has 12 nitrogen and oxygen atoms in total. The van der Waals surface area contributed by atoms with E-state index in [0.717, 1.165) is 37.7 Å². The molecule has 3 aromatic rings. The summed E-state index contributed by atoms with van der Waals surface area (Å²) in [5, 5.41) is 15.9. The Hall–Kier alpha value is -4.76. The molecule has 2 saturated heterocycles. The normalized spacial score (nSPS) is 17.0. The van der Waals surface area contributed by atoms with Crippen molar-refractivity contribution >= 4 is 35.0 Å². The number of hydrogen-bond acceptors (Lipinski definition) is 10. The van der Waals surface area contributed by atoms with E-state index in [2.05, 4.69) is 36.6 Å². The third-order valence-corrected chi connectivity index (χ3v) is 6.91. The zero-order valence-corrected chi connectivity index (χ0v) is 24.0. The third-order valence-electron chi connectivity index (χ3n) is 6.91. The molecule has 3 heterocycles. The molecule has 2 N–H and O–H groups in total. The van der Waals surface area contributed by atoms with E-state index in [1.54, 1.807) is 39.0 Å². The quantitative estimate of drug-likeness (QED) is 0.439. The topological polar surface area (TPSA) is 146 Å². The van der Waals surface area contributed by atoms with Crippen molar-refractivity contribution in [1.29, 1.82) is 5.26 Å². The first-order valence-electron chi connectivity index (χ1n) is 13.9. The van der Waals surface area contributed by atoms with Gasteiger partial charge in [0, 0.05) is 36.6 Å². The number of morpholine rings is 1. The van der Waals surface area contributed by atoms with Gasteiger partial charge in [-0.3, -0.25) is 9.69 Å². The van der Waals surface area contributed by atoms with Crippen molar-refractivity contribution in [1.82, 2.24) is 19.9 Å². The van der Waals surface area contributed by atoms with Crippen LogP contribution in [0.25, 0.3) is 11.4 Å². The number of nitriles is 1. The van der Waals surface area contributed by atoms with Crippen LogP contribution in [0.2, 0.25) is 0 Å². The van der Waals surface area contributed by atoms with Gasteiger partial charge in [-0.15, -0.1) is 0 Å². The molecule has 0 bridgehead atoms. The summed E-state index contributed by atoms with van der Waals surface area (Å²) in [6.07, 6.45) is 2.08. The van der Waals surface area contributed by atoms with Gasteiger partial charge < -0.3 is 25.0 Å². The predicted molar refractivity (Wildman–Crippen MR) is 157 cm³/mol. The van der Waals surface area contributed by atoms with Crippen molar-refractivity contribution in [3.05, 3.63) is 54.4 Å². The van der Waals surface area contributed by atoms with Gasteiger partial charge in [0.15, 0.2) is 5.82 Å². The van der Waals surface area contributed by atoms with Gasteiger partial charge in [0.05, 0.1) is 24.5 Å². The van der Waals surface area contributed by atoms with Crippen LogP contribution in [-0.2, 0) is 14.3 Å². The van der Waals surface area contributed by atoms with Crippen LogP contribution in [0.3, 0.4) is 0 Å². The molecule has 0 radical (unpaired) electrons. The highest BCUT2D eigenvalue weighted by Crippen LogP contribution is 2.27. The summed E-state index contributed by atoms with van der Waals surface area (Å²) in [4.78, 5) is 42.5. The maximum absolute atomic E-state index is 13.1. The van der Waals surface area contributed by atoms with Crippen molar-refractivity contribution in [3.8, 4) is 17.5 Å². The monoisotopic (exact) mass is 570 g/mol. The number of rotatable bonds is 6. The number of aromatic nitrogens is 3. The summed E-state index contributed by atoms with van der Waals surface area (Å²) in [7, 11) is 0. The van der Waals surface area contributed by atoms with Crippen LogP contribution in [0, 0.1) is 11.3 Å².